The van der Waals surface area contributed by atoms with Crippen molar-refractivity contribution in [3.8, 4) is 0 Å². The Bertz CT molecular complexity index is 904. The van der Waals surface area contributed by atoms with Gasteiger partial charge in [0.2, 0.25) is 5.91 Å². The monoisotopic (exact) mass is 392 g/mol. The van der Waals surface area contributed by atoms with Crippen molar-refractivity contribution in [2.75, 3.05) is 24.6 Å². The second kappa shape index (κ2) is 8.07. The molecule has 1 N–H and O–H groups in total. The molecular weight excluding hydrogens is 368 g/mol. The summed E-state index contributed by atoms with van der Waals surface area (Å²) in [5, 5.41) is 2.88. The molecule has 0 spiro atoms. The lowest BCUT2D eigenvalue weighted by atomic mass is 9.96. The smallest absolute Gasteiger partial charge is 0.338 e. The largest absolute Gasteiger partial charge is 0.452 e. The maximum absolute atomic E-state index is 12.2. The molecule has 1 aliphatic carbocycles. The summed E-state index contributed by atoms with van der Waals surface area (Å²) in [5.74, 6) is -0.760. The van der Waals surface area contributed by atoms with Crippen molar-refractivity contribution in [3.63, 3.8) is 0 Å². The quantitative estimate of drug-likeness (QED) is 0.735. The van der Waals surface area contributed by atoms with Gasteiger partial charge in [0.15, 0.2) is 6.61 Å². The molecule has 29 heavy (non-hydrogen) atoms. The zero-order chi connectivity index (χ0) is 20.3. The van der Waals surface area contributed by atoms with E-state index in [0.29, 0.717) is 25.1 Å². The Morgan fingerprint density at radius 1 is 1.03 bits per heavy atom. The minimum atomic E-state index is -0.552. The molecule has 1 heterocycles. The van der Waals surface area contributed by atoms with Crippen LogP contribution in [0.1, 0.15) is 41.6 Å². The van der Waals surface area contributed by atoms with Crippen LogP contribution in [0.3, 0.4) is 0 Å². The third kappa shape index (κ3) is 4.31. The first-order valence-corrected chi connectivity index (χ1v) is 9.97. The molecule has 1 saturated carbocycles. The molecule has 2 aliphatic rings. The number of nitrogens with one attached hydrogen (secondary N) is 1. The van der Waals surface area contributed by atoms with Crippen molar-refractivity contribution in [1.82, 2.24) is 5.32 Å². The average Bonchev–Trinajstić information content (AvgIpc) is 3.44. The molecule has 6 nitrogen and oxygen atoms in total. The molecule has 4 rings (SSSR count). The molecule has 6 heteroatoms. The van der Waals surface area contributed by atoms with Crippen molar-refractivity contribution >= 4 is 23.5 Å². The van der Waals surface area contributed by atoms with Gasteiger partial charge in [-0.25, -0.2) is 4.79 Å². The van der Waals surface area contributed by atoms with Gasteiger partial charge in [-0.2, -0.15) is 0 Å². The van der Waals surface area contributed by atoms with Gasteiger partial charge >= 0.3 is 5.97 Å². The topological polar surface area (TPSA) is 75.7 Å². The fraction of sp³-hybridized carbons (Fsp3) is 0.348. The highest BCUT2D eigenvalue weighted by Gasteiger charge is 2.44. The van der Waals surface area contributed by atoms with E-state index in [4.69, 9.17) is 4.74 Å². The molecule has 0 unspecified atom stereocenters. The molecule has 1 saturated heterocycles. The number of carbonyl (C=O) groups excluding carboxylic acids is 3. The number of carbonyl (C=O) groups is 3. The standard InChI is InChI=1S/C23H24N2O4/c26-20(24-16-23(12-13-23)18-5-2-1-3-6-18)15-29-22(28)17-8-10-19(11-9-17)25-14-4-7-21(25)27/h1-3,5-6,8-11H,4,7,12-16H2,(H,24,26). The molecule has 1 aliphatic heterocycles. The van der Waals surface area contributed by atoms with Gasteiger partial charge in [-0.1, -0.05) is 30.3 Å². The lowest BCUT2D eigenvalue weighted by Crippen LogP contribution is -2.35. The zero-order valence-electron chi connectivity index (χ0n) is 16.2. The predicted molar refractivity (Wildman–Crippen MR) is 109 cm³/mol. The van der Waals surface area contributed by atoms with Gasteiger partial charge in [-0.15, -0.1) is 0 Å². The number of hydrogen-bond acceptors (Lipinski definition) is 4. The Morgan fingerprint density at radius 3 is 2.38 bits per heavy atom. The summed E-state index contributed by atoms with van der Waals surface area (Å²) in [4.78, 5) is 37.8. The molecule has 0 atom stereocenters. The SMILES string of the molecule is O=C(COC(=O)c1ccc(N2CCCC2=O)cc1)NCC1(c2ccccc2)CC1. The van der Waals surface area contributed by atoms with Crippen LogP contribution in [-0.4, -0.2) is 37.5 Å². The van der Waals surface area contributed by atoms with E-state index >= 15 is 0 Å². The molecule has 2 amide bonds. The maximum atomic E-state index is 12.2. The highest BCUT2D eigenvalue weighted by atomic mass is 16.5. The molecule has 2 fully saturated rings. The highest BCUT2D eigenvalue weighted by molar-refractivity contribution is 5.96. The lowest BCUT2D eigenvalue weighted by molar-refractivity contribution is -0.124. The van der Waals surface area contributed by atoms with E-state index in [1.54, 1.807) is 29.2 Å². The third-order valence-corrected chi connectivity index (χ3v) is 5.69. The van der Waals surface area contributed by atoms with Crippen LogP contribution < -0.4 is 10.2 Å². The number of rotatable bonds is 7. The molecule has 0 aromatic heterocycles. The van der Waals surface area contributed by atoms with E-state index in [-0.39, 0.29) is 23.8 Å². The van der Waals surface area contributed by atoms with Gasteiger partial charge in [0, 0.05) is 30.6 Å². The van der Waals surface area contributed by atoms with Crippen molar-refractivity contribution in [2.24, 2.45) is 0 Å². The minimum Gasteiger partial charge on any atom is -0.452 e. The van der Waals surface area contributed by atoms with Crippen LogP contribution in [0.2, 0.25) is 0 Å². The van der Waals surface area contributed by atoms with Gasteiger partial charge < -0.3 is 15.0 Å². The zero-order valence-corrected chi connectivity index (χ0v) is 16.2. The normalized spacial score (nSPS) is 17.1. The van der Waals surface area contributed by atoms with Crippen LogP contribution in [0.4, 0.5) is 5.69 Å². The summed E-state index contributed by atoms with van der Waals surface area (Å²) >= 11 is 0. The first-order chi connectivity index (χ1) is 14.1. The summed E-state index contributed by atoms with van der Waals surface area (Å²) in [6, 6.07) is 16.9. The Labute approximate surface area is 169 Å². The fourth-order valence-corrected chi connectivity index (χ4v) is 3.74. The molecule has 2 aromatic carbocycles. The lowest BCUT2D eigenvalue weighted by Gasteiger charge is -2.17. The van der Waals surface area contributed by atoms with Gasteiger partial charge in [0.1, 0.15) is 0 Å². The predicted octanol–water partition coefficient (Wildman–Crippen LogP) is 2.82. The van der Waals surface area contributed by atoms with Crippen LogP contribution in [-0.2, 0) is 19.7 Å². The Hall–Kier alpha value is -3.15. The van der Waals surface area contributed by atoms with Crippen molar-refractivity contribution in [3.05, 3.63) is 65.7 Å². The third-order valence-electron chi connectivity index (χ3n) is 5.69. The van der Waals surface area contributed by atoms with E-state index in [2.05, 4.69) is 17.4 Å². The first-order valence-electron chi connectivity index (χ1n) is 9.97. The van der Waals surface area contributed by atoms with Crippen LogP contribution in [0, 0.1) is 0 Å². The Morgan fingerprint density at radius 2 is 1.76 bits per heavy atom. The van der Waals surface area contributed by atoms with Crippen LogP contribution >= 0.6 is 0 Å². The number of hydrogen-bond donors (Lipinski definition) is 1. The van der Waals surface area contributed by atoms with Gasteiger partial charge in [0.25, 0.3) is 5.91 Å². The minimum absolute atomic E-state index is 0.0176. The summed E-state index contributed by atoms with van der Waals surface area (Å²) in [7, 11) is 0. The maximum Gasteiger partial charge on any atom is 0.338 e. The van der Waals surface area contributed by atoms with Gasteiger partial charge in [0.05, 0.1) is 5.56 Å². The number of benzene rings is 2. The molecular formula is C23H24N2O4. The number of nitrogens with zero attached hydrogens (tertiary/aromatic N) is 1. The van der Waals surface area contributed by atoms with Gasteiger partial charge in [-0.05, 0) is 49.1 Å². The van der Waals surface area contributed by atoms with E-state index < -0.39 is 5.97 Å². The highest BCUT2D eigenvalue weighted by Crippen LogP contribution is 2.47. The van der Waals surface area contributed by atoms with Crippen molar-refractivity contribution in [1.29, 1.82) is 0 Å². The van der Waals surface area contributed by atoms with E-state index in [1.165, 1.54) is 5.56 Å². The van der Waals surface area contributed by atoms with Crippen molar-refractivity contribution in [2.45, 2.75) is 31.1 Å². The molecule has 2 aromatic rings. The molecule has 0 radical (unpaired) electrons. The number of esters is 1. The molecule has 150 valence electrons. The van der Waals surface area contributed by atoms with E-state index in [9.17, 15) is 14.4 Å². The Kier molecular flexibility index (Phi) is 5.34. The van der Waals surface area contributed by atoms with E-state index in [1.807, 2.05) is 18.2 Å². The number of ether oxygens (including phenoxy) is 1. The van der Waals surface area contributed by atoms with Crippen molar-refractivity contribution < 1.29 is 19.1 Å². The summed E-state index contributed by atoms with van der Waals surface area (Å²) < 4.78 is 5.14. The second-order valence-electron chi connectivity index (χ2n) is 7.70. The van der Waals surface area contributed by atoms with Crippen LogP contribution in [0.25, 0.3) is 0 Å². The fourth-order valence-electron chi connectivity index (χ4n) is 3.74. The average molecular weight is 392 g/mol. The van der Waals surface area contributed by atoms with Gasteiger partial charge in [-0.3, -0.25) is 9.59 Å². The molecule has 0 bridgehead atoms. The number of amides is 2. The summed E-state index contributed by atoms with van der Waals surface area (Å²) in [6.07, 6.45) is 3.50. The first kappa shape index (κ1) is 19.2. The van der Waals surface area contributed by atoms with Crippen LogP contribution in [0.5, 0.6) is 0 Å². The van der Waals surface area contributed by atoms with E-state index in [0.717, 1.165) is 24.9 Å². The second-order valence-corrected chi connectivity index (χ2v) is 7.70. The Balaban J connectivity index is 1.25. The summed E-state index contributed by atoms with van der Waals surface area (Å²) in [5.41, 5.74) is 2.38. The van der Waals surface area contributed by atoms with Crippen LogP contribution in [0.15, 0.2) is 54.6 Å². The number of anilines is 1. The summed E-state index contributed by atoms with van der Waals surface area (Å²) in [6.45, 7) is 0.940.